The van der Waals surface area contributed by atoms with Crippen molar-refractivity contribution in [2.45, 2.75) is 44.4 Å². The summed E-state index contributed by atoms with van der Waals surface area (Å²) in [6.07, 6.45) is 5.38. The zero-order valence-electron chi connectivity index (χ0n) is 10.7. The number of amides is 1. The highest BCUT2D eigenvalue weighted by Gasteiger charge is 2.38. The SMILES string of the molecule is CCNC(=O)c1noc(C2(CN)CCCCC2)n1. The van der Waals surface area contributed by atoms with Gasteiger partial charge in [-0.2, -0.15) is 4.98 Å². The highest BCUT2D eigenvalue weighted by atomic mass is 16.5. The molecule has 18 heavy (non-hydrogen) atoms. The molecule has 0 aliphatic heterocycles. The summed E-state index contributed by atoms with van der Waals surface area (Å²) in [5.41, 5.74) is 5.66. The number of rotatable bonds is 4. The molecule has 0 saturated heterocycles. The van der Waals surface area contributed by atoms with Gasteiger partial charge < -0.3 is 15.6 Å². The van der Waals surface area contributed by atoms with Crippen molar-refractivity contribution in [3.05, 3.63) is 11.7 Å². The van der Waals surface area contributed by atoms with E-state index >= 15 is 0 Å². The molecule has 1 aromatic heterocycles. The maximum absolute atomic E-state index is 11.6. The van der Waals surface area contributed by atoms with Gasteiger partial charge in [-0.15, -0.1) is 0 Å². The smallest absolute Gasteiger partial charge is 0.292 e. The first-order chi connectivity index (χ1) is 8.72. The molecule has 1 fully saturated rings. The van der Waals surface area contributed by atoms with Crippen molar-refractivity contribution in [3.63, 3.8) is 0 Å². The summed E-state index contributed by atoms with van der Waals surface area (Å²) in [5, 5.41) is 6.40. The summed E-state index contributed by atoms with van der Waals surface area (Å²) in [6.45, 7) is 2.89. The largest absolute Gasteiger partial charge is 0.349 e. The molecule has 1 saturated carbocycles. The number of nitrogens with two attached hydrogens (primary N) is 1. The minimum Gasteiger partial charge on any atom is -0.349 e. The van der Waals surface area contributed by atoms with Gasteiger partial charge in [-0.05, 0) is 19.8 Å². The van der Waals surface area contributed by atoms with Gasteiger partial charge in [-0.3, -0.25) is 4.79 Å². The second-order valence-corrected chi connectivity index (χ2v) is 4.83. The molecule has 6 heteroatoms. The average Bonchev–Trinajstić information content (AvgIpc) is 2.90. The molecular weight excluding hydrogens is 232 g/mol. The summed E-state index contributed by atoms with van der Waals surface area (Å²) in [5.74, 6) is 0.326. The van der Waals surface area contributed by atoms with Gasteiger partial charge in [-0.1, -0.05) is 24.4 Å². The third kappa shape index (κ3) is 2.38. The highest BCUT2D eigenvalue weighted by Crippen LogP contribution is 2.37. The molecule has 0 bridgehead atoms. The number of nitrogens with one attached hydrogen (secondary N) is 1. The van der Waals surface area contributed by atoms with E-state index in [1.807, 2.05) is 6.92 Å². The Balaban J connectivity index is 2.19. The van der Waals surface area contributed by atoms with Crippen LogP contribution in [0.1, 0.15) is 55.5 Å². The Kier molecular flexibility index (Phi) is 3.96. The van der Waals surface area contributed by atoms with Crippen LogP contribution >= 0.6 is 0 Å². The topological polar surface area (TPSA) is 94.0 Å². The number of nitrogens with zero attached hydrogens (tertiary/aromatic N) is 2. The van der Waals surface area contributed by atoms with E-state index in [9.17, 15) is 4.79 Å². The zero-order valence-corrected chi connectivity index (χ0v) is 10.7. The summed E-state index contributed by atoms with van der Waals surface area (Å²) in [4.78, 5) is 15.8. The maximum atomic E-state index is 11.6. The number of carbonyl (C=O) groups excluding carboxylic acids is 1. The van der Waals surface area contributed by atoms with Gasteiger partial charge in [0, 0.05) is 13.1 Å². The second-order valence-electron chi connectivity index (χ2n) is 4.83. The van der Waals surface area contributed by atoms with E-state index < -0.39 is 0 Å². The van der Waals surface area contributed by atoms with Gasteiger partial charge in [0.15, 0.2) is 0 Å². The van der Waals surface area contributed by atoms with E-state index in [1.54, 1.807) is 0 Å². The van der Waals surface area contributed by atoms with E-state index in [0.29, 0.717) is 19.0 Å². The van der Waals surface area contributed by atoms with Crippen molar-refractivity contribution in [3.8, 4) is 0 Å². The molecule has 0 atom stereocenters. The fraction of sp³-hybridized carbons (Fsp3) is 0.750. The van der Waals surface area contributed by atoms with Crippen LogP contribution in [0.5, 0.6) is 0 Å². The van der Waals surface area contributed by atoms with Crippen LogP contribution in [0, 0.1) is 0 Å². The van der Waals surface area contributed by atoms with Crippen molar-refractivity contribution >= 4 is 5.91 Å². The van der Waals surface area contributed by atoms with Crippen LogP contribution in [0.4, 0.5) is 0 Å². The van der Waals surface area contributed by atoms with Gasteiger partial charge in [-0.25, -0.2) is 0 Å². The maximum Gasteiger partial charge on any atom is 0.292 e. The normalized spacial score (nSPS) is 18.6. The molecule has 1 aromatic rings. The molecule has 6 nitrogen and oxygen atoms in total. The van der Waals surface area contributed by atoms with Crippen LogP contribution in [0.25, 0.3) is 0 Å². The first-order valence-electron chi connectivity index (χ1n) is 6.54. The number of aromatic nitrogens is 2. The Morgan fingerprint density at radius 2 is 2.17 bits per heavy atom. The molecule has 0 radical (unpaired) electrons. The Hall–Kier alpha value is -1.43. The number of hydrogen-bond donors (Lipinski definition) is 2. The molecule has 0 unspecified atom stereocenters. The zero-order chi connectivity index (χ0) is 13.0. The number of carbonyl (C=O) groups is 1. The van der Waals surface area contributed by atoms with Crippen LogP contribution in [0.15, 0.2) is 4.52 Å². The van der Waals surface area contributed by atoms with Crippen molar-refractivity contribution in [1.29, 1.82) is 0 Å². The molecule has 1 aliphatic carbocycles. The first-order valence-corrected chi connectivity index (χ1v) is 6.54. The van der Waals surface area contributed by atoms with Gasteiger partial charge in [0.05, 0.1) is 5.41 Å². The summed E-state index contributed by atoms with van der Waals surface area (Å²) in [7, 11) is 0. The predicted octanol–water partition coefficient (Wildman–Crippen LogP) is 0.980. The van der Waals surface area contributed by atoms with Crippen LogP contribution in [0.2, 0.25) is 0 Å². The highest BCUT2D eigenvalue weighted by molar-refractivity contribution is 5.90. The lowest BCUT2D eigenvalue weighted by atomic mass is 9.74. The van der Waals surface area contributed by atoms with Gasteiger partial charge in [0.25, 0.3) is 11.7 Å². The molecule has 0 spiro atoms. The average molecular weight is 252 g/mol. The van der Waals surface area contributed by atoms with E-state index in [-0.39, 0.29) is 17.1 Å². The van der Waals surface area contributed by atoms with Crippen LogP contribution in [-0.2, 0) is 5.41 Å². The molecule has 1 aliphatic rings. The Bertz CT molecular complexity index is 410. The Morgan fingerprint density at radius 3 is 2.78 bits per heavy atom. The van der Waals surface area contributed by atoms with Gasteiger partial charge in [0.2, 0.25) is 5.89 Å². The van der Waals surface area contributed by atoms with Crippen LogP contribution in [0.3, 0.4) is 0 Å². The van der Waals surface area contributed by atoms with Crippen LogP contribution in [-0.4, -0.2) is 29.1 Å². The standard InChI is InChI=1S/C12H20N4O2/c1-2-14-10(17)9-15-11(18-16-9)12(8-13)6-4-3-5-7-12/h2-8,13H2,1H3,(H,14,17). The predicted molar refractivity (Wildman–Crippen MR) is 66.1 cm³/mol. The summed E-state index contributed by atoms with van der Waals surface area (Å²) in [6, 6.07) is 0. The van der Waals surface area contributed by atoms with E-state index in [4.69, 9.17) is 10.3 Å². The fourth-order valence-corrected chi connectivity index (χ4v) is 2.50. The third-order valence-corrected chi connectivity index (χ3v) is 3.62. The molecular formula is C12H20N4O2. The molecule has 1 amide bonds. The van der Waals surface area contributed by atoms with E-state index in [0.717, 1.165) is 25.7 Å². The molecule has 1 heterocycles. The van der Waals surface area contributed by atoms with Crippen LogP contribution < -0.4 is 11.1 Å². The van der Waals surface area contributed by atoms with Crippen molar-refractivity contribution < 1.29 is 9.32 Å². The van der Waals surface area contributed by atoms with Crippen molar-refractivity contribution in [2.75, 3.05) is 13.1 Å². The van der Waals surface area contributed by atoms with Gasteiger partial charge in [0.1, 0.15) is 0 Å². The van der Waals surface area contributed by atoms with Crippen molar-refractivity contribution in [1.82, 2.24) is 15.5 Å². The molecule has 3 N–H and O–H groups in total. The lowest BCUT2D eigenvalue weighted by Gasteiger charge is -2.32. The summed E-state index contributed by atoms with van der Waals surface area (Å²) < 4.78 is 5.26. The minimum absolute atomic E-state index is 0.102. The molecule has 2 rings (SSSR count). The third-order valence-electron chi connectivity index (χ3n) is 3.62. The quantitative estimate of drug-likeness (QED) is 0.833. The second kappa shape index (κ2) is 5.48. The minimum atomic E-state index is -0.296. The monoisotopic (exact) mass is 252 g/mol. The molecule has 100 valence electrons. The molecule has 0 aromatic carbocycles. The first kappa shape index (κ1) is 13.0. The van der Waals surface area contributed by atoms with Gasteiger partial charge >= 0.3 is 0 Å². The van der Waals surface area contributed by atoms with Crippen molar-refractivity contribution in [2.24, 2.45) is 5.73 Å². The Morgan fingerprint density at radius 1 is 1.44 bits per heavy atom. The Labute approximate surface area is 106 Å². The lowest BCUT2D eigenvalue weighted by Crippen LogP contribution is -2.37. The summed E-state index contributed by atoms with van der Waals surface area (Å²) >= 11 is 0. The fourth-order valence-electron chi connectivity index (χ4n) is 2.50. The number of hydrogen-bond acceptors (Lipinski definition) is 5. The van der Waals surface area contributed by atoms with E-state index in [1.165, 1.54) is 6.42 Å². The lowest BCUT2D eigenvalue weighted by molar-refractivity contribution is 0.0942. The van der Waals surface area contributed by atoms with E-state index in [2.05, 4.69) is 15.5 Å².